The minimum absolute atomic E-state index is 0.213. The van der Waals surface area contributed by atoms with Gasteiger partial charge in [0, 0.05) is 25.2 Å². The average Bonchev–Trinajstić information content (AvgIpc) is 2.54. The molecule has 0 radical (unpaired) electrons. The zero-order valence-corrected chi connectivity index (χ0v) is 7.77. The first kappa shape index (κ1) is 11.1. The molecule has 1 aromatic heterocycles. The highest BCUT2D eigenvalue weighted by Crippen LogP contribution is 2.22. The number of aryl methyl sites for hydroxylation is 1. The molecule has 1 aromatic rings. The third-order valence-electron chi connectivity index (χ3n) is 1.93. The summed E-state index contributed by atoms with van der Waals surface area (Å²) >= 11 is 0. The number of halogens is 3. The summed E-state index contributed by atoms with van der Waals surface area (Å²) in [5, 5.41) is 0. The van der Waals surface area contributed by atoms with Crippen LogP contribution in [0.3, 0.4) is 0 Å². The Kier molecular flexibility index (Phi) is 3.98. The van der Waals surface area contributed by atoms with E-state index >= 15 is 0 Å². The van der Waals surface area contributed by atoms with Crippen molar-refractivity contribution in [3.05, 3.63) is 18.2 Å². The van der Waals surface area contributed by atoms with Crippen LogP contribution in [-0.2, 0) is 6.42 Å². The maximum atomic E-state index is 11.7. The Labute approximate surface area is 80.5 Å². The smallest absolute Gasteiger partial charge is 0.349 e. The van der Waals surface area contributed by atoms with Gasteiger partial charge in [-0.15, -0.1) is 0 Å². The molecule has 0 saturated carbocycles. The van der Waals surface area contributed by atoms with E-state index in [2.05, 4.69) is 9.97 Å². The van der Waals surface area contributed by atoms with Gasteiger partial charge in [0.05, 0.1) is 0 Å². The second-order valence-corrected chi connectivity index (χ2v) is 3.21. The van der Waals surface area contributed by atoms with Gasteiger partial charge < -0.3 is 4.98 Å². The van der Waals surface area contributed by atoms with Crippen molar-refractivity contribution in [2.24, 2.45) is 0 Å². The van der Waals surface area contributed by atoms with Gasteiger partial charge in [0.1, 0.15) is 5.82 Å². The number of aromatic nitrogens is 2. The number of unbranched alkanes of at least 4 members (excludes halogenated alkanes) is 2. The monoisotopic (exact) mass is 206 g/mol. The van der Waals surface area contributed by atoms with Gasteiger partial charge in [-0.1, -0.05) is 6.42 Å². The molecular formula is C9H13F3N2. The second-order valence-electron chi connectivity index (χ2n) is 3.21. The normalized spacial score (nSPS) is 11.9. The van der Waals surface area contributed by atoms with Crippen LogP contribution in [0.4, 0.5) is 13.2 Å². The van der Waals surface area contributed by atoms with Crippen molar-refractivity contribution in [3.63, 3.8) is 0 Å². The molecule has 0 saturated heterocycles. The lowest BCUT2D eigenvalue weighted by molar-refractivity contribution is -0.135. The molecule has 0 aliphatic rings. The number of nitrogens with one attached hydrogen (secondary N) is 1. The number of nitrogens with zero attached hydrogens (tertiary/aromatic N) is 1. The number of imidazole rings is 1. The van der Waals surface area contributed by atoms with E-state index in [9.17, 15) is 13.2 Å². The Morgan fingerprint density at radius 3 is 2.57 bits per heavy atom. The number of hydrogen-bond acceptors (Lipinski definition) is 1. The van der Waals surface area contributed by atoms with Crippen LogP contribution in [0.15, 0.2) is 12.4 Å². The van der Waals surface area contributed by atoms with Crippen molar-refractivity contribution in [1.29, 1.82) is 0 Å². The third-order valence-corrected chi connectivity index (χ3v) is 1.93. The second kappa shape index (κ2) is 5.02. The molecule has 14 heavy (non-hydrogen) atoms. The van der Waals surface area contributed by atoms with Crippen molar-refractivity contribution >= 4 is 0 Å². The van der Waals surface area contributed by atoms with E-state index in [4.69, 9.17) is 0 Å². The van der Waals surface area contributed by atoms with Gasteiger partial charge >= 0.3 is 6.18 Å². The first-order valence-electron chi connectivity index (χ1n) is 4.63. The van der Waals surface area contributed by atoms with E-state index in [1.807, 2.05) is 0 Å². The first-order valence-corrected chi connectivity index (χ1v) is 4.63. The van der Waals surface area contributed by atoms with Crippen molar-refractivity contribution < 1.29 is 13.2 Å². The molecule has 80 valence electrons. The van der Waals surface area contributed by atoms with Crippen LogP contribution in [0.2, 0.25) is 0 Å². The Bertz CT molecular complexity index is 241. The van der Waals surface area contributed by atoms with Crippen LogP contribution in [0.25, 0.3) is 0 Å². The molecule has 0 aliphatic carbocycles. The summed E-state index contributed by atoms with van der Waals surface area (Å²) in [5.41, 5.74) is 0. The molecule has 1 heterocycles. The lowest BCUT2D eigenvalue weighted by Gasteiger charge is -2.04. The quantitative estimate of drug-likeness (QED) is 0.737. The summed E-state index contributed by atoms with van der Waals surface area (Å²) < 4.78 is 35.2. The first-order chi connectivity index (χ1) is 6.58. The molecular weight excluding hydrogens is 193 g/mol. The Morgan fingerprint density at radius 2 is 2.00 bits per heavy atom. The highest BCUT2D eigenvalue weighted by atomic mass is 19.4. The summed E-state index contributed by atoms with van der Waals surface area (Å²) in [5.74, 6) is 0.844. The zero-order chi connectivity index (χ0) is 10.4. The van der Waals surface area contributed by atoms with Crippen LogP contribution in [0, 0.1) is 0 Å². The SMILES string of the molecule is FC(F)(F)CCCCCc1ncc[nH]1. The minimum atomic E-state index is -4.01. The van der Waals surface area contributed by atoms with Gasteiger partial charge in [-0.3, -0.25) is 0 Å². The number of hydrogen-bond donors (Lipinski definition) is 1. The van der Waals surface area contributed by atoms with Crippen LogP contribution in [-0.4, -0.2) is 16.1 Å². The molecule has 0 amide bonds. The lowest BCUT2D eigenvalue weighted by atomic mass is 10.1. The maximum Gasteiger partial charge on any atom is 0.389 e. The van der Waals surface area contributed by atoms with Gasteiger partial charge in [0.2, 0.25) is 0 Å². The van der Waals surface area contributed by atoms with Crippen molar-refractivity contribution in [3.8, 4) is 0 Å². The molecule has 0 unspecified atom stereocenters. The van der Waals surface area contributed by atoms with Crippen LogP contribution in [0.5, 0.6) is 0 Å². The molecule has 0 bridgehead atoms. The van der Waals surface area contributed by atoms with Crippen molar-refractivity contribution in [1.82, 2.24) is 9.97 Å². The Hall–Kier alpha value is -1.00. The third kappa shape index (κ3) is 4.89. The highest BCUT2D eigenvalue weighted by molar-refractivity contribution is 4.86. The molecule has 0 aromatic carbocycles. The van der Waals surface area contributed by atoms with Crippen molar-refractivity contribution in [2.45, 2.75) is 38.3 Å². The molecule has 0 spiro atoms. The standard InChI is InChI=1S/C9H13F3N2/c10-9(11,12)5-3-1-2-4-8-13-6-7-14-8/h6-7H,1-5H2,(H,13,14). The summed E-state index contributed by atoms with van der Waals surface area (Å²) in [6.07, 6.45) is 0.963. The summed E-state index contributed by atoms with van der Waals surface area (Å²) in [6.45, 7) is 0. The largest absolute Gasteiger partial charge is 0.389 e. The van der Waals surface area contributed by atoms with E-state index in [1.54, 1.807) is 12.4 Å². The topological polar surface area (TPSA) is 28.7 Å². The molecule has 5 heteroatoms. The van der Waals surface area contributed by atoms with Crippen LogP contribution >= 0.6 is 0 Å². The van der Waals surface area contributed by atoms with Crippen molar-refractivity contribution in [2.75, 3.05) is 0 Å². The van der Waals surface area contributed by atoms with Gasteiger partial charge in [0.15, 0.2) is 0 Å². The summed E-state index contributed by atoms with van der Waals surface area (Å²) in [7, 11) is 0. The maximum absolute atomic E-state index is 11.7. The van der Waals surface area contributed by atoms with E-state index in [0.29, 0.717) is 6.42 Å². The fourth-order valence-electron chi connectivity index (χ4n) is 1.23. The van der Waals surface area contributed by atoms with Crippen LogP contribution < -0.4 is 0 Å². The van der Waals surface area contributed by atoms with Gasteiger partial charge in [-0.25, -0.2) is 4.98 Å². The number of H-pyrrole nitrogens is 1. The molecule has 0 fully saturated rings. The zero-order valence-electron chi connectivity index (χ0n) is 7.77. The molecule has 0 aliphatic heterocycles. The van der Waals surface area contributed by atoms with E-state index in [1.165, 1.54) is 0 Å². The predicted molar refractivity (Wildman–Crippen MR) is 46.8 cm³/mol. The predicted octanol–water partition coefficient (Wildman–Crippen LogP) is 3.07. The minimum Gasteiger partial charge on any atom is -0.349 e. The average molecular weight is 206 g/mol. The van der Waals surface area contributed by atoms with Gasteiger partial charge in [-0.2, -0.15) is 13.2 Å². The fourth-order valence-corrected chi connectivity index (χ4v) is 1.23. The van der Waals surface area contributed by atoms with E-state index < -0.39 is 12.6 Å². The highest BCUT2D eigenvalue weighted by Gasteiger charge is 2.25. The molecule has 0 atom stereocenters. The molecule has 2 nitrogen and oxygen atoms in total. The fraction of sp³-hybridized carbons (Fsp3) is 0.667. The number of rotatable bonds is 5. The van der Waals surface area contributed by atoms with E-state index in [0.717, 1.165) is 18.7 Å². The van der Waals surface area contributed by atoms with Gasteiger partial charge in [0.25, 0.3) is 0 Å². The molecule has 1 rings (SSSR count). The number of aromatic amines is 1. The van der Waals surface area contributed by atoms with Crippen LogP contribution in [0.1, 0.15) is 31.5 Å². The Morgan fingerprint density at radius 1 is 1.21 bits per heavy atom. The van der Waals surface area contributed by atoms with Gasteiger partial charge in [-0.05, 0) is 12.8 Å². The molecule has 1 N–H and O–H groups in total. The Balaban J connectivity index is 2.00. The summed E-state index contributed by atoms with van der Waals surface area (Å²) in [4.78, 5) is 6.90. The summed E-state index contributed by atoms with van der Waals surface area (Å²) in [6, 6.07) is 0. The van der Waals surface area contributed by atoms with E-state index in [-0.39, 0.29) is 6.42 Å². The number of alkyl halides is 3. The lowest BCUT2D eigenvalue weighted by Crippen LogP contribution is -2.06.